The van der Waals surface area contributed by atoms with Crippen LogP contribution in [-0.4, -0.2) is 10.9 Å². The average Bonchev–Trinajstić information content (AvgIpc) is 3.15. The molecule has 2 heterocycles. The molecule has 0 unspecified atom stereocenters. The standard InChI is InChI=1S/C16H13ClN2O2S/c1-10-19-13(9-22-10)14-6-7-15(21-14)16(20)18-8-11-2-4-12(17)5-3-11/h2-7,9H,8H2,1H3,(H,18,20). The van der Waals surface area contributed by atoms with E-state index in [0.717, 1.165) is 16.3 Å². The lowest BCUT2D eigenvalue weighted by Crippen LogP contribution is -2.22. The highest BCUT2D eigenvalue weighted by molar-refractivity contribution is 7.09. The number of aromatic nitrogens is 1. The van der Waals surface area contributed by atoms with Gasteiger partial charge in [0.15, 0.2) is 11.5 Å². The first kappa shape index (κ1) is 14.8. The van der Waals surface area contributed by atoms with Crippen LogP contribution in [0.15, 0.2) is 46.2 Å². The summed E-state index contributed by atoms with van der Waals surface area (Å²) in [5.41, 5.74) is 1.72. The molecule has 0 saturated carbocycles. The predicted octanol–water partition coefficient (Wildman–Crippen LogP) is 4.29. The number of halogens is 1. The number of nitrogens with zero attached hydrogens (tertiary/aromatic N) is 1. The molecule has 3 rings (SSSR count). The molecule has 112 valence electrons. The molecule has 0 bridgehead atoms. The van der Waals surface area contributed by atoms with Crippen LogP contribution in [0.5, 0.6) is 0 Å². The maximum absolute atomic E-state index is 12.1. The molecule has 3 aromatic rings. The van der Waals surface area contributed by atoms with Crippen LogP contribution >= 0.6 is 22.9 Å². The largest absolute Gasteiger partial charge is 0.449 e. The van der Waals surface area contributed by atoms with E-state index < -0.39 is 0 Å². The van der Waals surface area contributed by atoms with Crippen molar-refractivity contribution in [3.63, 3.8) is 0 Å². The lowest BCUT2D eigenvalue weighted by Gasteiger charge is -2.03. The van der Waals surface area contributed by atoms with Crippen molar-refractivity contribution in [2.75, 3.05) is 0 Å². The highest BCUT2D eigenvalue weighted by atomic mass is 35.5. The van der Waals surface area contributed by atoms with E-state index >= 15 is 0 Å². The summed E-state index contributed by atoms with van der Waals surface area (Å²) < 4.78 is 5.56. The van der Waals surface area contributed by atoms with Gasteiger partial charge in [-0.15, -0.1) is 11.3 Å². The minimum absolute atomic E-state index is 0.256. The number of aryl methyl sites for hydroxylation is 1. The van der Waals surface area contributed by atoms with E-state index in [0.29, 0.717) is 17.3 Å². The number of rotatable bonds is 4. The summed E-state index contributed by atoms with van der Waals surface area (Å²) in [7, 11) is 0. The summed E-state index contributed by atoms with van der Waals surface area (Å²) in [6.45, 7) is 2.35. The second-order valence-corrected chi connectivity index (χ2v) is 6.22. The fourth-order valence-electron chi connectivity index (χ4n) is 1.95. The van der Waals surface area contributed by atoms with Crippen molar-refractivity contribution in [1.29, 1.82) is 0 Å². The Balaban J connectivity index is 1.65. The number of benzene rings is 1. The molecule has 22 heavy (non-hydrogen) atoms. The van der Waals surface area contributed by atoms with Gasteiger partial charge in [0.2, 0.25) is 0 Å². The van der Waals surface area contributed by atoms with Crippen molar-refractivity contribution in [3.05, 3.63) is 63.1 Å². The molecular weight excluding hydrogens is 320 g/mol. The third kappa shape index (κ3) is 3.37. The summed E-state index contributed by atoms with van der Waals surface area (Å²) >= 11 is 7.37. The maximum Gasteiger partial charge on any atom is 0.287 e. The topological polar surface area (TPSA) is 55.1 Å². The molecule has 0 atom stereocenters. The third-order valence-corrected chi connectivity index (χ3v) is 4.09. The number of carbonyl (C=O) groups excluding carboxylic acids is 1. The van der Waals surface area contributed by atoms with Crippen LogP contribution < -0.4 is 5.32 Å². The zero-order chi connectivity index (χ0) is 15.5. The van der Waals surface area contributed by atoms with Crippen molar-refractivity contribution in [2.45, 2.75) is 13.5 Å². The SMILES string of the molecule is Cc1nc(-c2ccc(C(=O)NCc3ccc(Cl)cc3)o2)cs1. The summed E-state index contributed by atoms with van der Waals surface area (Å²) in [6.07, 6.45) is 0. The molecule has 0 spiro atoms. The number of furan rings is 1. The third-order valence-electron chi connectivity index (χ3n) is 3.07. The normalized spacial score (nSPS) is 10.6. The Morgan fingerprint density at radius 1 is 1.27 bits per heavy atom. The number of nitrogens with one attached hydrogen (secondary N) is 1. The zero-order valence-corrected chi connectivity index (χ0v) is 13.4. The first-order valence-electron chi connectivity index (χ1n) is 6.67. The summed E-state index contributed by atoms with van der Waals surface area (Å²) in [4.78, 5) is 16.4. The molecule has 1 aromatic carbocycles. The number of hydrogen-bond acceptors (Lipinski definition) is 4. The number of amides is 1. The highest BCUT2D eigenvalue weighted by Gasteiger charge is 2.13. The quantitative estimate of drug-likeness (QED) is 0.775. The van der Waals surface area contributed by atoms with Crippen molar-refractivity contribution >= 4 is 28.8 Å². The Kier molecular flexibility index (Phi) is 4.27. The lowest BCUT2D eigenvalue weighted by atomic mass is 10.2. The average molecular weight is 333 g/mol. The van der Waals surface area contributed by atoms with E-state index in [4.69, 9.17) is 16.0 Å². The van der Waals surface area contributed by atoms with E-state index in [-0.39, 0.29) is 11.7 Å². The molecule has 2 aromatic heterocycles. The van der Waals surface area contributed by atoms with Gasteiger partial charge >= 0.3 is 0 Å². The van der Waals surface area contributed by atoms with Crippen molar-refractivity contribution in [1.82, 2.24) is 10.3 Å². The fourth-order valence-corrected chi connectivity index (χ4v) is 2.67. The van der Waals surface area contributed by atoms with Crippen LogP contribution in [0.1, 0.15) is 21.1 Å². The second-order valence-electron chi connectivity index (χ2n) is 4.72. The van der Waals surface area contributed by atoms with Gasteiger partial charge in [0.05, 0.1) is 5.01 Å². The molecular formula is C16H13ClN2O2S. The molecule has 0 saturated heterocycles. The van der Waals surface area contributed by atoms with Crippen LogP contribution in [0, 0.1) is 6.92 Å². The van der Waals surface area contributed by atoms with Gasteiger partial charge in [-0.1, -0.05) is 23.7 Å². The van der Waals surface area contributed by atoms with E-state index in [1.165, 1.54) is 0 Å². The Morgan fingerprint density at radius 3 is 2.73 bits per heavy atom. The first-order valence-corrected chi connectivity index (χ1v) is 7.92. The van der Waals surface area contributed by atoms with Gasteiger partial charge < -0.3 is 9.73 Å². The zero-order valence-electron chi connectivity index (χ0n) is 11.8. The Hall–Kier alpha value is -2.11. The van der Waals surface area contributed by atoms with E-state index in [9.17, 15) is 4.79 Å². The van der Waals surface area contributed by atoms with Gasteiger partial charge in [0, 0.05) is 16.9 Å². The van der Waals surface area contributed by atoms with Crippen molar-refractivity contribution in [3.8, 4) is 11.5 Å². The predicted molar refractivity (Wildman–Crippen MR) is 87.2 cm³/mol. The van der Waals surface area contributed by atoms with Crippen LogP contribution in [-0.2, 0) is 6.54 Å². The molecule has 4 nitrogen and oxygen atoms in total. The second kappa shape index (κ2) is 6.34. The van der Waals surface area contributed by atoms with Crippen LogP contribution in [0.25, 0.3) is 11.5 Å². The van der Waals surface area contributed by atoms with E-state index in [2.05, 4.69) is 10.3 Å². The lowest BCUT2D eigenvalue weighted by molar-refractivity contribution is 0.0924. The first-order chi connectivity index (χ1) is 10.6. The fraction of sp³-hybridized carbons (Fsp3) is 0.125. The Labute approximate surface area is 136 Å². The molecule has 6 heteroatoms. The Bertz CT molecular complexity index is 793. The van der Waals surface area contributed by atoms with Gasteiger partial charge in [-0.25, -0.2) is 4.98 Å². The van der Waals surface area contributed by atoms with Crippen LogP contribution in [0.2, 0.25) is 5.02 Å². The highest BCUT2D eigenvalue weighted by Crippen LogP contribution is 2.23. The minimum Gasteiger partial charge on any atom is -0.449 e. The summed E-state index contributed by atoms with van der Waals surface area (Å²) in [5, 5.41) is 6.35. The minimum atomic E-state index is -0.256. The van der Waals surface area contributed by atoms with Gasteiger partial charge in [-0.3, -0.25) is 4.79 Å². The molecule has 0 aliphatic carbocycles. The molecule has 0 aliphatic rings. The number of carbonyl (C=O) groups is 1. The Morgan fingerprint density at radius 2 is 2.05 bits per heavy atom. The van der Waals surface area contributed by atoms with Crippen molar-refractivity contribution in [2.24, 2.45) is 0 Å². The monoisotopic (exact) mass is 332 g/mol. The summed E-state index contributed by atoms with van der Waals surface area (Å²) in [6, 6.07) is 10.7. The van der Waals surface area contributed by atoms with Crippen LogP contribution in [0.4, 0.5) is 0 Å². The molecule has 0 fully saturated rings. The van der Waals surface area contributed by atoms with E-state index in [1.54, 1.807) is 35.6 Å². The number of thiazole rings is 1. The van der Waals surface area contributed by atoms with Gasteiger partial charge in [-0.05, 0) is 36.8 Å². The van der Waals surface area contributed by atoms with Gasteiger partial charge in [-0.2, -0.15) is 0 Å². The number of hydrogen-bond donors (Lipinski definition) is 1. The van der Waals surface area contributed by atoms with Gasteiger partial charge in [0.25, 0.3) is 5.91 Å². The van der Waals surface area contributed by atoms with Crippen molar-refractivity contribution < 1.29 is 9.21 Å². The molecule has 1 N–H and O–H groups in total. The maximum atomic E-state index is 12.1. The van der Waals surface area contributed by atoms with Crippen LogP contribution in [0.3, 0.4) is 0 Å². The molecule has 1 amide bonds. The van der Waals surface area contributed by atoms with Gasteiger partial charge in [0.1, 0.15) is 5.69 Å². The summed E-state index contributed by atoms with van der Waals surface area (Å²) in [5.74, 6) is 0.615. The molecule has 0 aliphatic heterocycles. The smallest absolute Gasteiger partial charge is 0.287 e. The van der Waals surface area contributed by atoms with E-state index in [1.807, 2.05) is 24.4 Å². The molecule has 0 radical (unpaired) electrons.